The van der Waals surface area contributed by atoms with Crippen LogP contribution in [0.15, 0.2) is 59.7 Å². The number of thioether (sulfide) groups is 1. The Morgan fingerprint density at radius 1 is 1.17 bits per heavy atom. The van der Waals surface area contributed by atoms with Gasteiger partial charge in [-0.2, -0.15) is 10.1 Å². The Bertz CT molecular complexity index is 714. The van der Waals surface area contributed by atoms with Gasteiger partial charge in [0.25, 0.3) is 5.91 Å². The molecule has 0 aromatic heterocycles. The van der Waals surface area contributed by atoms with Gasteiger partial charge >= 0.3 is 0 Å². The van der Waals surface area contributed by atoms with Crippen LogP contribution in [-0.4, -0.2) is 27.2 Å². The molecule has 0 spiro atoms. The molecule has 0 saturated carbocycles. The molecular weight excluding hydrogens is 328 g/mol. The molecule has 1 amide bonds. The van der Waals surface area contributed by atoms with Gasteiger partial charge in [0.05, 0.1) is 12.0 Å². The van der Waals surface area contributed by atoms with E-state index in [2.05, 4.69) is 5.10 Å². The minimum absolute atomic E-state index is 0.0842. The van der Waals surface area contributed by atoms with E-state index in [0.29, 0.717) is 16.7 Å². The molecule has 3 rings (SSSR count). The summed E-state index contributed by atoms with van der Waals surface area (Å²) in [7, 11) is 0. The van der Waals surface area contributed by atoms with Crippen LogP contribution < -0.4 is 4.74 Å². The summed E-state index contributed by atoms with van der Waals surface area (Å²) in [4.78, 5) is 11.6. The molecule has 0 aliphatic carbocycles. The molecule has 2 aromatic carbocycles. The normalized spacial score (nSPS) is 14.7. The van der Waals surface area contributed by atoms with Gasteiger partial charge in [0, 0.05) is 0 Å². The molecular formula is C17H14N2O2S2. The fourth-order valence-electron chi connectivity index (χ4n) is 1.97. The van der Waals surface area contributed by atoms with E-state index in [1.807, 2.05) is 54.6 Å². The van der Waals surface area contributed by atoms with Gasteiger partial charge in [0.1, 0.15) is 12.4 Å². The Labute approximate surface area is 144 Å². The first-order valence-electron chi connectivity index (χ1n) is 7.03. The highest BCUT2D eigenvalue weighted by Gasteiger charge is 2.25. The van der Waals surface area contributed by atoms with Gasteiger partial charge in [-0.1, -0.05) is 54.3 Å². The van der Waals surface area contributed by atoms with Crippen molar-refractivity contribution in [3.8, 4) is 5.75 Å². The number of rotatable bonds is 5. The third kappa shape index (κ3) is 4.18. The van der Waals surface area contributed by atoms with Crippen LogP contribution in [0.3, 0.4) is 0 Å². The summed E-state index contributed by atoms with van der Waals surface area (Å²) < 4.78 is 6.22. The molecule has 0 N–H and O–H groups in total. The summed E-state index contributed by atoms with van der Waals surface area (Å²) in [6.07, 6.45) is 1.62. The zero-order valence-corrected chi connectivity index (χ0v) is 13.8. The molecule has 0 radical (unpaired) electrons. The number of hydrogen-bond acceptors (Lipinski definition) is 5. The molecule has 1 heterocycles. The van der Waals surface area contributed by atoms with Gasteiger partial charge in [0.15, 0.2) is 4.32 Å². The van der Waals surface area contributed by atoms with Crippen LogP contribution in [0.25, 0.3) is 0 Å². The molecule has 1 fully saturated rings. The smallest absolute Gasteiger partial charge is 0.259 e. The van der Waals surface area contributed by atoms with Crippen molar-refractivity contribution in [1.29, 1.82) is 0 Å². The standard InChI is InChI=1S/C17H14N2O2S2/c20-16-12-23-17(22)19(16)18-10-13-6-8-15(9-7-13)21-11-14-4-2-1-3-5-14/h1-10H,11-12H2. The Balaban J connectivity index is 1.59. The zero-order valence-electron chi connectivity index (χ0n) is 12.2. The summed E-state index contributed by atoms with van der Waals surface area (Å²) in [5, 5.41) is 5.40. The zero-order chi connectivity index (χ0) is 16.1. The fourth-order valence-corrected chi connectivity index (χ4v) is 2.94. The second kappa shape index (κ2) is 7.39. The summed E-state index contributed by atoms with van der Waals surface area (Å²) >= 11 is 6.40. The number of nitrogens with zero attached hydrogens (tertiary/aromatic N) is 2. The van der Waals surface area contributed by atoms with E-state index >= 15 is 0 Å². The highest BCUT2D eigenvalue weighted by Crippen LogP contribution is 2.19. The molecule has 116 valence electrons. The maximum Gasteiger partial charge on any atom is 0.259 e. The van der Waals surface area contributed by atoms with Crippen LogP contribution in [0.1, 0.15) is 11.1 Å². The molecule has 0 unspecified atom stereocenters. The van der Waals surface area contributed by atoms with E-state index in [9.17, 15) is 4.79 Å². The molecule has 4 nitrogen and oxygen atoms in total. The van der Waals surface area contributed by atoms with Crippen LogP contribution in [0, 0.1) is 0 Å². The SMILES string of the molecule is O=C1CSC(=S)N1N=Cc1ccc(OCc2ccccc2)cc1. The van der Waals surface area contributed by atoms with Crippen molar-refractivity contribution in [3.63, 3.8) is 0 Å². The van der Waals surface area contributed by atoms with E-state index in [0.717, 1.165) is 16.9 Å². The summed E-state index contributed by atoms with van der Waals surface area (Å²) in [5.41, 5.74) is 2.00. The molecule has 2 aromatic rings. The van der Waals surface area contributed by atoms with E-state index < -0.39 is 0 Å². The van der Waals surface area contributed by atoms with Gasteiger partial charge < -0.3 is 4.74 Å². The quantitative estimate of drug-likeness (QED) is 0.616. The lowest BCUT2D eigenvalue weighted by molar-refractivity contribution is -0.123. The highest BCUT2D eigenvalue weighted by molar-refractivity contribution is 8.23. The lowest BCUT2D eigenvalue weighted by Gasteiger charge is -2.07. The summed E-state index contributed by atoms with van der Waals surface area (Å²) in [6.45, 7) is 0.530. The maximum atomic E-state index is 11.6. The first kappa shape index (κ1) is 15.7. The number of ether oxygens (including phenoxy) is 1. The predicted molar refractivity (Wildman–Crippen MR) is 96.7 cm³/mol. The number of carbonyl (C=O) groups is 1. The van der Waals surface area contributed by atoms with Gasteiger partial charge in [-0.05, 0) is 35.4 Å². The maximum absolute atomic E-state index is 11.6. The van der Waals surface area contributed by atoms with E-state index in [1.54, 1.807) is 6.21 Å². The molecule has 6 heteroatoms. The Hall–Kier alpha value is -2.18. The number of thiocarbonyl (C=S) groups is 1. The molecule has 1 aliphatic rings. The van der Waals surface area contributed by atoms with Gasteiger partial charge in [-0.3, -0.25) is 4.79 Å². The number of hydrogen-bond donors (Lipinski definition) is 0. The lowest BCUT2D eigenvalue weighted by atomic mass is 10.2. The fraction of sp³-hybridized carbons (Fsp3) is 0.118. The van der Waals surface area contributed by atoms with E-state index in [1.165, 1.54) is 16.8 Å². The molecule has 1 saturated heterocycles. The van der Waals surface area contributed by atoms with Crippen molar-refractivity contribution in [3.05, 3.63) is 65.7 Å². The first-order chi connectivity index (χ1) is 11.2. The third-order valence-corrected chi connectivity index (χ3v) is 4.52. The minimum Gasteiger partial charge on any atom is -0.489 e. The molecule has 1 aliphatic heterocycles. The van der Waals surface area contributed by atoms with Crippen LogP contribution in [0.4, 0.5) is 0 Å². The number of benzene rings is 2. The van der Waals surface area contributed by atoms with Crippen LogP contribution in [0.5, 0.6) is 5.75 Å². The van der Waals surface area contributed by atoms with Crippen LogP contribution in [0.2, 0.25) is 0 Å². The average Bonchev–Trinajstić information content (AvgIpc) is 2.91. The van der Waals surface area contributed by atoms with Crippen molar-refractivity contribution >= 4 is 40.4 Å². The van der Waals surface area contributed by atoms with Gasteiger partial charge in [0.2, 0.25) is 0 Å². The first-order valence-corrected chi connectivity index (χ1v) is 8.42. The Morgan fingerprint density at radius 2 is 1.91 bits per heavy atom. The third-order valence-electron chi connectivity index (χ3n) is 3.18. The van der Waals surface area contributed by atoms with Crippen molar-refractivity contribution in [2.24, 2.45) is 5.10 Å². The summed E-state index contributed by atoms with van der Waals surface area (Å²) in [6, 6.07) is 17.5. The lowest BCUT2D eigenvalue weighted by Crippen LogP contribution is -2.22. The monoisotopic (exact) mass is 342 g/mol. The van der Waals surface area contributed by atoms with Crippen molar-refractivity contribution in [2.75, 3.05) is 5.75 Å². The number of amides is 1. The minimum atomic E-state index is -0.0842. The van der Waals surface area contributed by atoms with Crippen molar-refractivity contribution in [2.45, 2.75) is 6.61 Å². The number of carbonyl (C=O) groups excluding carboxylic acids is 1. The van der Waals surface area contributed by atoms with Crippen LogP contribution >= 0.6 is 24.0 Å². The van der Waals surface area contributed by atoms with Gasteiger partial charge in [-0.25, -0.2) is 0 Å². The molecule has 0 atom stereocenters. The second-order valence-corrected chi connectivity index (χ2v) is 6.46. The summed E-state index contributed by atoms with van der Waals surface area (Å²) in [5.74, 6) is 1.07. The Kier molecular flexibility index (Phi) is 5.05. The van der Waals surface area contributed by atoms with E-state index in [4.69, 9.17) is 17.0 Å². The second-order valence-electron chi connectivity index (χ2n) is 4.85. The Morgan fingerprint density at radius 3 is 2.57 bits per heavy atom. The molecule has 23 heavy (non-hydrogen) atoms. The van der Waals surface area contributed by atoms with Gasteiger partial charge in [-0.15, -0.1) is 0 Å². The van der Waals surface area contributed by atoms with Crippen LogP contribution in [-0.2, 0) is 11.4 Å². The van der Waals surface area contributed by atoms with Crippen molar-refractivity contribution < 1.29 is 9.53 Å². The highest BCUT2D eigenvalue weighted by atomic mass is 32.2. The topological polar surface area (TPSA) is 41.9 Å². The van der Waals surface area contributed by atoms with E-state index in [-0.39, 0.29) is 5.91 Å². The van der Waals surface area contributed by atoms with Crippen molar-refractivity contribution in [1.82, 2.24) is 5.01 Å². The number of hydrazone groups is 1. The predicted octanol–water partition coefficient (Wildman–Crippen LogP) is 3.46. The average molecular weight is 342 g/mol. The largest absolute Gasteiger partial charge is 0.489 e. The molecule has 0 bridgehead atoms.